The van der Waals surface area contributed by atoms with Crippen LogP contribution in [0.15, 0.2) is 72.9 Å². The minimum atomic E-state index is -0.122. The molecule has 0 bridgehead atoms. The van der Waals surface area contributed by atoms with Crippen molar-refractivity contribution in [2.75, 3.05) is 16.8 Å². The first-order chi connectivity index (χ1) is 14.3. The molecule has 6 heteroatoms. The summed E-state index contributed by atoms with van der Waals surface area (Å²) in [6, 6.07) is 21.4. The maximum atomic E-state index is 13.0. The average Bonchev–Trinajstić information content (AvgIpc) is 2.79. The van der Waals surface area contributed by atoms with Crippen molar-refractivity contribution in [2.24, 2.45) is 0 Å². The zero-order valence-corrected chi connectivity index (χ0v) is 15.7. The largest absolute Gasteiger partial charge is 0.337 e. The number of pyridine rings is 1. The Kier molecular flexibility index (Phi) is 4.37. The van der Waals surface area contributed by atoms with Crippen LogP contribution < -0.4 is 10.2 Å². The Hall–Kier alpha value is -3.80. The molecule has 1 aliphatic rings. The van der Waals surface area contributed by atoms with Gasteiger partial charge < -0.3 is 10.2 Å². The van der Waals surface area contributed by atoms with Crippen LogP contribution in [-0.4, -0.2) is 27.6 Å². The number of anilines is 3. The summed E-state index contributed by atoms with van der Waals surface area (Å²) in [4.78, 5) is 19.2. The highest BCUT2D eigenvalue weighted by atomic mass is 16.2. The molecule has 6 nitrogen and oxygen atoms in total. The minimum absolute atomic E-state index is 0.122. The highest BCUT2D eigenvalue weighted by Crippen LogP contribution is 2.28. The number of hydrogen-bond acceptors (Lipinski definition) is 5. The van der Waals surface area contributed by atoms with Gasteiger partial charge in [-0.25, -0.2) is 0 Å². The summed E-state index contributed by atoms with van der Waals surface area (Å²) in [6.07, 6.45) is 3.70. The summed E-state index contributed by atoms with van der Waals surface area (Å²) in [5.41, 5.74) is 4.21. The van der Waals surface area contributed by atoms with Crippen LogP contribution in [0, 0.1) is 0 Å². The second-order valence-corrected chi connectivity index (χ2v) is 7.00. The quantitative estimate of drug-likeness (QED) is 0.571. The lowest BCUT2D eigenvalue weighted by atomic mass is 10.0. The lowest BCUT2D eigenvalue weighted by Gasteiger charge is -2.29. The molecule has 4 aromatic rings. The second kappa shape index (κ2) is 7.31. The van der Waals surface area contributed by atoms with Crippen molar-refractivity contribution in [1.29, 1.82) is 0 Å². The fourth-order valence-corrected chi connectivity index (χ4v) is 3.74. The third-order valence-corrected chi connectivity index (χ3v) is 5.13. The Morgan fingerprint density at radius 2 is 1.83 bits per heavy atom. The molecule has 1 N–H and O–H groups in total. The predicted molar refractivity (Wildman–Crippen MR) is 113 cm³/mol. The van der Waals surface area contributed by atoms with Gasteiger partial charge in [-0.15, -0.1) is 10.2 Å². The minimum Gasteiger partial charge on any atom is -0.337 e. The highest BCUT2D eigenvalue weighted by molar-refractivity contribution is 6.05. The van der Waals surface area contributed by atoms with Crippen molar-refractivity contribution in [3.8, 4) is 0 Å². The van der Waals surface area contributed by atoms with E-state index in [1.165, 1.54) is 5.56 Å². The molecule has 0 radical (unpaired) electrons. The zero-order chi connectivity index (χ0) is 19.6. The molecule has 2 aromatic heterocycles. The van der Waals surface area contributed by atoms with Gasteiger partial charge in [0, 0.05) is 23.8 Å². The van der Waals surface area contributed by atoms with Gasteiger partial charge in [-0.3, -0.25) is 9.78 Å². The highest BCUT2D eigenvalue weighted by Gasteiger charge is 2.24. The third kappa shape index (κ3) is 3.29. The zero-order valence-electron chi connectivity index (χ0n) is 15.7. The van der Waals surface area contributed by atoms with Gasteiger partial charge in [-0.1, -0.05) is 36.4 Å². The lowest BCUT2D eigenvalue weighted by molar-refractivity contribution is 0.0979. The van der Waals surface area contributed by atoms with Gasteiger partial charge in [0.2, 0.25) is 0 Å². The molecule has 0 fully saturated rings. The van der Waals surface area contributed by atoms with E-state index in [0.717, 1.165) is 35.1 Å². The van der Waals surface area contributed by atoms with Crippen LogP contribution in [0.4, 0.5) is 17.2 Å². The molecular formula is C23H19N5O. The number of aromatic nitrogens is 3. The van der Waals surface area contributed by atoms with Crippen LogP contribution in [0.2, 0.25) is 0 Å². The Bertz CT molecular complexity index is 1180. The number of amides is 1. The maximum Gasteiger partial charge on any atom is 0.278 e. The molecule has 142 valence electrons. The Morgan fingerprint density at radius 3 is 2.72 bits per heavy atom. The molecule has 3 heterocycles. The van der Waals surface area contributed by atoms with Crippen molar-refractivity contribution < 1.29 is 4.79 Å². The van der Waals surface area contributed by atoms with E-state index in [4.69, 9.17) is 0 Å². The number of nitrogens with one attached hydrogen (secondary N) is 1. The Balaban J connectivity index is 1.39. The summed E-state index contributed by atoms with van der Waals surface area (Å²) in [5, 5.41) is 12.7. The maximum absolute atomic E-state index is 13.0. The molecule has 0 unspecified atom stereocenters. The molecular weight excluding hydrogens is 362 g/mol. The standard InChI is InChI=1S/C23H19N5O/c29-23(28-15-5-9-16-6-1-2-11-20(16)28)19-12-13-21(27-26-19)25-18-10-3-7-17-8-4-14-24-22(17)18/h1-4,6-8,10-14H,5,9,15H2,(H,25,27). The number of benzene rings is 2. The van der Waals surface area contributed by atoms with Crippen molar-refractivity contribution >= 4 is 34.0 Å². The van der Waals surface area contributed by atoms with Crippen LogP contribution in [0.3, 0.4) is 0 Å². The monoisotopic (exact) mass is 381 g/mol. The third-order valence-electron chi connectivity index (χ3n) is 5.13. The Labute approximate surface area is 168 Å². The first kappa shape index (κ1) is 17.3. The van der Waals surface area contributed by atoms with E-state index in [0.29, 0.717) is 18.1 Å². The first-order valence-electron chi connectivity index (χ1n) is 9.64. The van der Waals surface area contributed by atoms with Crippen molar-refractivity contribution in [3.05, 3.63) is 84.2 Å². The summed E-state index contributed by atoms with van der Waals surface area (Å²) < 4.78 is 0. The van der Waals surface area contributed by atoms with Gasteiger partial charge in [-0.2, -0.15) is 0 Å². The topological polar surface area (TPSA) is 71.0 Å². The van der Waals surface area contributed by atoms with Gasteiger partial charge in [0.25, 0.3) is 5.91 Å². The number of carbonyl (C=O) groups excluding carboxylic acids is 1. The summed E-state index contributed by atoms with van der Waals surface area (Å²) in [7, 11) is 0. The molecule has 0 aliphatic carbocycles. The van der Waals surface area contributed by atoms with E-state index in [2.05, 4.69) is 26.6 Å². The molecule has 0 spiro atoms. The average molecular weight is 381 g/mol. The van der Waals surface area contributed by atoms with E-state index in [9.17, 15) is 4.79 Å². The van der Waals surface area contributed by atoms with Gasteiger partial charge in [0.15, 0.2) is 11.5 Å². The number of para-hydroxylation sites is 2. The number of fused-ring (bicyclic) bond motifs is 2. The van der Waals surface area contributed by atoms with E-state index in [1.807, 2.05) is 48.5 Å². The molecule has 1 amide bonds. The van der Waals surface area contributed by atoms with Crippen LogP contribution in [0.25, 0.3) is 10.9 Å². The normalized spacial score (nSPS) is 13.2. The fourth-order valence-electron chi connectivity index (χ4n) is 3.74. The van der Waals surface area contributed by atoms with Gasteiger partial charge in [0.05, 0.1) is 11.2 Å². The van der Waals surface area contributed by atoms with Crippen LogP contribution >= 0.6 is 0 Å². The van der Waals surface area contributed by atoms with Crippen LogP contribution in [0.5, 0.6) is 0 Å². The van der Waals surface area contributed by atoms with E-state index >= 15 is 0 Å². The van der Waals surface area contributed by atoms with Crippen molar-refractivity contribution in [1.82, 2.24) is 15.2 Å². The summed E-state index contributed by atoms with van der Waals surface area (Å²) in [5.74, 6) is 0.446. The fraction of sp³-hybridized carbons (Fsp3) is 0.130. The van der Waals surface area contributed by atoms with Crippen LogP contribution in [0.1, 0.15) is 22.5 Å². The SMILES string of the molecule is O=C(c1ccc(Nc2cccc3cccnc23)nn1)N1CCCc2ccccc21. The van der Waals surface area contributed by atoms with Crippen molar-refractivity contribution in [2.45, 2.75) is 12.8 Å². The van der Waals surface area contributed by atoms with Crippen LogP contribution in [-0.2, 0) is 6.42 Å². The van der Waals surface area contributed by atoms with E-state index in [-0.39, 0.29) is 5.91 Å². The van der Waals surface area contributed by atoms with Gasteiger partial charge in [-0.05, 0) is 48.7 Å². The Morgan fingerprint density at radius 1 is 0.931 bits per heavy atom. The number of nitrogens with zero attached hydrogens (tertiary/aromatic N) is 4. The molecule has 5 rings (SSSR count). The lowest BCUT2D eigenvalue weighted by Crippen LogP contribution is -2.36. The molecule has 2 aromatic carbocycles. The van der Waals surface area contributed by atoms with Gasteiger partial charge in [0.1, 0.15) is 0 Å². The summed E-state index contributed by atoms with van der Waals surface area (Å²) >= 11 is 0. The second-order valence-electron chi connectivity index (χ2n) is 7.00. The molecule has 0 saturated carbocycles. The van der Waals surface area contributed by atoms with E-state index in [1.54, 1.807) is 23.2 Å². The van der Waals surface area contributed by atoms with E-state index < -0.39 is 0 Å². The smallest absolute Gasteiger partial charge is 0.278 e. The molecule has 0 atom stereocenters. The molecule has 0 saturated heterocycles. The molecule has 1 aliphatic heterocycles. The summed E-state index contributed by atoms with van der Waals surface area (Å²) in [6.45, 7) is 0.694. The van der Waals surface area contributed by atoms with Crippen molar-refractivity contribution in [3.63, 3.8) is 0 Å². The number of rotatable bonds is 3. The predicted octanol–water partition coefficient (Wildman–Crippen LogP) is 4.36. The number of hydrogen-bond donors (Lipinski definition) is 1. The van der Waals surface area contributed by atoms with Gasteiger partial charge >= 0.3 is 0 Å². The first-order valence-corrected chi connectivity index (χ1v) is 9.64. The number of carbonyl (C=O) groups is 1. The number of aryl methyl sites for hydroxylation is 1. The molecule has 29 heavy (non-hydrogen) atoms.